The zero-order chi connectivity index (χ0) is 26.5. The van der Waals surface area contributed by atoms with E-state index in [4.69, 9.17) is 9.84 Å². The number of ether oxygens (including phenoxy) is 1. The fraction of sp³-hybridized carbons (Fsp3) is 0.308. The maximum atomic E-state index is 12.8. The normalized spacial score (nSPS) is 12.2. The topological polar surface area (TPSA) is 142 Å². The van der Waals surface area contributed by atoms with Gasteiger partial charge in [-0.15, -0.1) is 0 Å². The quantitative estimate of drug-likeness (QED) is 0.321. The van der Waals surface area contributed by atoms with Crippen LogP contribution in [0.3, 0.4) is 0 Å². The van der Waals surface area contributed by atoms with Gasteiger partial charge in [0.05, 0.1) is 31.6 Å². The summed E-state index contributed by atoms with van der Waals surface area (Å²) in [7, 11) is -3.37. The number of aliphatic hydroxyl groups excluding tert-OH is 1. The molecule has 4 N–H and O–H groups in total. The van der Waals surface area contributed by atoms with Gasteiger partial charge in [0.1, 0.15) is 11.4 Å². The molecule has 0 radical (unpaired) electrons. The SMILES string of the molecule is CC(C)(C)c1cc(/C=C/c2ccc(NS(C)(=O)=O)cc2)c(O)c(-c2ccc(COCCO)[nH]c2=O)n1. The molecule has 0 saturated heterocycles. The smallest absolute Gasteiger partial charge is 0.257 e. The summed E-state index contributed by atoms with van der Waals surface area (Å²) in [4.78, 5) is 20.2. The number of nitrogens with zero attached hydrogens (tertiary/aromatic N) is 1. The highest BCUT2D eigenvalue weighted by atomic mass is 32.2. The number of anilines is 1. The number of pyridine rings is 2. The van der Waals surface area contributed by atoms with Crippen LogP contribution in [0.15, 0.2) is 47.3 Å². The van der Waals surface area contributed by atoms with Crippen molar-refractivity contribution in [1.29, 1.82) is 0 Å². The Morgan fingerprint density at radius 1 is 1.11 bits per heavy atom. The van der Waals surface area contributed by atoms with Crippen molar-refractivity contribution in [3.05, 3.63) is 75.3 Å². The van der Waals surface area contributed by atoms with E-state index in [1.54, 1.807) is 54.6 Å². The Hall–Kier alpha value is -3.47. The minimum absolute atomic E-state index is 0.113. The van der Waals surface area contributed by atoms with Crippen LogP contribution in [-0.4, -0.2) is 48.1 Å². The molecule has 9 nitrogen and oxygen atoms in total. The highest BCUT2D eigenvalue weighted by Gasteiger charge is 2.22. The average molecular weight is 514 g/mol. The fourth-order valence-corrected chi connectivity index (χ4v) is 3.92. The van der Waals surface area contributed by atoms with Gasteiger partial charge >= 0.3 is 0 Å². The number of hydrogen-bond acceptors (Lipinski definition) is 7. The first-order valence-electron chi connectivity index (χ1n) is 11.3. The maximum absolute atomic E-state index is 12.8. The van der Waals surface area contributed by atoms with Crippen LogP contribution < -0.4 is 10.3 Å². The van der Waals surface area contributed by atoms with Crippen LogP contribution in [0.5, 0.6) is 5.75 Å². The van der Waals surface area contributed by atoms with Crippen LogP contribution in [0.4, 0.5) is 5.69 Å². The van der Waals surface area contributed by atoms with Crippen molar-refractivity contribution >= 4 is 27.9 Å². The Morgan fingerprint density at radius 2 is 1.81 bits per heavy atom. The molecule has 1 aromatic carbocycles. The van der Waals surface area contributed by atoms with Crippen molar-refractivity contribution in [3.8, 4) is 17.0 Å². The van der Waals surface area contributed by atoms with E-state index < -0.39 is 15.6 Å². The van der Waals surface area contributed by atoms with Crippen LogP contribution in [0.1, 0.15) is 43.3 Å². The highest BCUT2D eigenvalue weighted by Crippen LogP contribution is 2.34. The molecule has 0 atom stereocenters. The Bertz CT molecular complexity index is 1410. The van der Waals surface area contributed by atoms with Crippen LogP contribution in [-0.2, 0) is 26.8 Å². The average Bonchev–Trinajstić information content (AvgIpc) is 2.78. The third-order valence-corrected chi connectivity index (χ3v) is 5.78. The summed E-state index contributed by atoms with van der Waals surface area (Å²) in [6, 6.07) is 11.8. The van der Waals surface area contributed by atoms with Crippen molar-refractivity contribution in [2.45, 2.75) is 32.8 Å². The van der Waals surface area contributed by atoms with E-state index in [9.17, 15) is 18.3 Å². The number of aromatic nitrogens is 2. The Morgan fingerprint density at radius 3 is 2.39 bits per heavy atom. The van der Waals surface area contributed by atoms with E-state index >= 15 is 0 Å². The van der Waals surface area contributed by atoms with E-state index in [-0.39, 0.29) is 42.2 Å². The molecule has 2 aromatic heterocycles. The Balaban J connectivity index is 1.99. The number of aliphatic hydroxyl groups is 1. The van der Waals surface area contributed by atoms with Crippen molar-refractivity contribution in [1.82, 2.24) is 9.97 Å². The molecule has 0 fully saturated rings. The predicted molar refractivity (Wildman–Crippen MR) is 141 cm³/mol. The molecule has 10 heteroatoms. The van der Waals surface area contributed by atoms with E-state index in [1.165, 1.54) is 0 Å². The maximum Gasteiger partial charge on any atom is 0.257 e. The third-order valence-electron chi connectivity index (χ3n) is 5.18. The van der Waals surface area contributed by atoms with Gasteiger partial charge in [0.25, 0.3) is 5.56 Å². The number of rotatable bonds is 9. The Labute approximate surface area is 210 Å². The van der Waals surface area contributed by atoms with Gasteiger partial charge < -0.3 is 19.9 Å². The summed E-state index contributed by atoms with van der Waals surface area (Å²) < 4.78 is 30.5. The van der Waals surface area contributed by atoms with E-state index in [0.29, 0.717) is 22.6 Å². The van der Waals surface area contributed by atoms with Crippen molar-refractivity contribution in [3.63, 3.8) is 0 Å². The van der Waals surface area contributed by atoms with Gasteiger partial charge in [-0.05, 0) is 35.9 Å². The summed E-state index contributed by atoms with van der Waals surface area (Å²) in [5.41, 5.74) is 2.56. The lowest BCUT2D eigenvalue weighted by molar-refractivity contribution is 0.0796. The number of nitrogens with one attached hydrogen (secondary N) is 2. The molecule has 36 heavy (non-hydrogen) atoms. The number of sulfonamides is 1. The van der Waals surface area contributed by atoms with Gasteiger partial charge in [0.2, 0.25) is 10.0 Å². The molecule has 2 heterocycles. The number of benzene rings is 1. The molecular weight excluding hydrogens is 482 g/mol. The molecule has 192 valence electrons. The molecule has 0 spiro atoms. The molecule has 0 aliphatic rings. The third kappa shape index (κ3) is 7.27. The first kappa shape index (κ1) is 27.1. The molecule has 3 rings (SSSR count). The van der Waals surface area contributed by atoms with Crippen LogP contribution in [0.2, 0.25) is 0 Å². The molecule has 0 aliphatic carbocycles. The fourth-order valence-electron chi connectivity index (χ4n) is 3.35. The van der Waals surface area contributed by atoms with Crippen LogP contribution in [0.25, 0.3) is 23.4 Å². The second-order valence-corrected chi connectivity index (χ2v) is 11.1. The molecule has 0 bridgehead atoms. The molecule has 3 aromatic rings. The minimum atomic E-state index is -3.37. The van der Waals surface area contributed by atoms with Crippen molar-refractivity contribution in [2.75, 3.05) is 24.2 Å². The largest absolute Gasteiger partial charge is 0.505 e. The first-order valence-corrected chi connectivity index (χ1v) is 13.2. The van der Waals surface area contributed by atoms with Crippen molar-refractivity contribution < 1.29 is 23.4 Å². The standard InChI is InChI=1S/C26H31N3O6S/c1-26(2,3)22-15-18(8-5-17-6-9-19(10-7-17)29-36(4,33)34)24(31)23(28-22)21-12-11-20(27-25(21)32)16-35-14-13-30/h5-12,15,29-31H,13-14,16H2,1-4H3,(H,27,32)/b8-5+. The zero-order valence-corrected chi connectivity index (χ0v) is 21.5. The molecule has 0 amide bonds. The number of H-pyrrole nitrogens is 1. The van der Waals surface area contributed by atoms with Gasteiger partial charge in [-0.25, -0.2) is 13.4 Å². The summed E-state index contributed by atoms with van der Waals surface area (Å²) in [5, 5.41) is 19.9. The molecule has 0 unspecified atom stereocenters. The highest BCUT2D eigenvalue weighted by molar-refractivity contribution is 7.92. The van der Waals surface area contributed by atoms with Gasteiger partial charge in [-0.2, -0.15) is 0 Å². The summed E-state index contributed by atoms with van der Waals surface area (Å²) in [6.07, 6.45) is 4.59. The first-order chi connectivity index (χ1) is 16.9. The van der Waals surface area contributed by atoms with E-state index in [2.05, 4.69) is 14.7 Å². The second kappa shape index (κ2) is 11.1. The van der Waals surface area contributed by atoms with Crippen LogP contribution >= 0.6 is 0 Å². The number of aromatic amines is 1. The minimum Gasteiger partial charge on any atom is -0.505 e. The predicted octanol–water partition coefficient (Wildman–Crippen LogP) is 3.49. The Kier molecular flexibility index (Phi) is 8.34. The van der Waals surface area contributed by atoms with Gasteiger partial charge in [0.15, 0.2) is 0 Å². The molecule has 0 saturated carbocycles. The van der Waals surface area contributed by atoms with Gasteiger partial charge in [-0.3, -0.25) is 9.52 Å². The number of aromatic hydroxyl groups is 1. The lowest BCUT2D eigenvalue weighted by Gasteiger charge is -2.20. The van der Waals surface area contributed by atoms with Gasteiger partial charge in [-0.1, -0.05) is 45.1 Å². The van der Waals surface area contributed by atoms with Gasteiger partial charge in [0, 0.05) is 28.1 Å². The number of hydrogen-bond donors (Lipinski definition) is 4. The van der Waals surface area contributed by atoms with E-state index in [1.807, 2.05) is 20.8 Å². The second-order valence-electron chi connectivity index (χ2n) is 9.38. The summed E-state index contributed by atoms with van der Waals surface area (Å²) >= 11 is 0. The lowest BCUT2D eigenvalue weighted by Crippen LogP contribution is -2.17. The van der Waals surface area contributed by atoms with Crippen LogP contribution in [0, 0.1) is 0 Å². The summed E-state index contributed by atoms with van der Waals surface area (Å²) in [5.74, 6) is -0.135. The molecular formula is C26H31N3O6S. The van der Waals surface area contributed by atoms with Crippen molar-refractivity contribution in [2.24, 2.45) is 0 Å². The molecule has 0 aliphatic heterocycles. The van der Waals surface area contributed by atoms with E-state index in [0.717, 1.165) is 11.8 Å². The lowest BCUT2D eigenvalue weighted by atomic mass is 9.89. The zero-order valence-electron chi connectivity index (χ0n) is 20.7. The monoisotopic (exact) mass is 513 g/mol. The summed E-state index contributed by atoms with van der Waals surface area (Å²) in [6.45, 7) is 6.16.